The fraction of sp³-hybridized carbons (Fsp3) is 0.333. The lowest BCUT2D eigenvalue weighted by Gasteiger charge is -2.29. The summed E-state index contributed by atoms with van der Waals surface area (Å²) in [6.07, 6.45) is 0. The highest BCUT2D eigenvalue weighted by molar-refractivity contribution is 6.03. The molecule has 0 fully saturated rings. The van der Waals surface area contributed by atoms with E-state index in [0.717, 1.165) is 6.92 Å². The first kappa shape index (κ1) is 17.9. The van der Waals surface area contributed by atoms with E-state index in [1.165, 1.54) is 0 Å². The van der Waals surface area contributed by atoms with Crippen molar-refractivity contribution in [3.05, 3.63) is 35.1 Å². The highest BCUT2D eigenvalue weighted by atomic mass is 19.3. The van der Waals surface area contributed by atoms with Crippen LogP contribution in [0.3, 0.4) is 0 Å². The summed E-state index contributed by atoms with van der Waals surface area (Å²) in [5, 5.41) is 7.95. The maximum atomic E-state index is 13.4. The van der Waals surface area contributed by atoms with E-state index in [4.69, 9.17) is 5.11 Å². The average Bonchev–Trinajstić information content (AvgIpc) is 2.40. The van der Waals surface area contributed by atoms with Crippen LogP contribution in [0, 0.1) is 12.7 Å². The summed E-state index contributed by atoms with van der Waals surface area (Å²) in [5.74, 6) is -25.9. The normalized spacial score (nSPS) is 13.1. The maximum absolute atomic E-state index is 13.4. The van der Waals surface area contributed by atoms with Crippen LogP contribution >= 0.6 is 0 Å². The molecule has 0 aromatic heterocycles. The van der Waals surface area contributed by atoms with Crippen LogP contribution < -0.4 is 0 Å². The molecule has 10 heteroatoms. The zero-order valence-corrected chi connectivity index (χ0v) is 10.6. The van der Waals surface area contributed by atoms with Crippen molar-refractivity contribution in [2.24, 2.45) is 0 Å². The molecule has 0 aliphatic heterocycles. The molecule has 1 N–H and O–H groups in total. The van der Waals surface area contributed by atoms with Gasteiger partial charge in [-0.2, -0.15) is 26.3 Å². The van der Waals surface area contributed by atoms with E-state index in [2.05, 4.69) is 0 Å². The van der Waals surface area contributed by atoms with Gasteiger partial charge in [0.2, 0.25) is 5.78 Å². The fourth-order valence-corrected chi connectivity index (χ4v) is 1.44. The van der Waals surface area contributed by atoms with Crippen LogP contribution in [-0.4, -0.2) is 34.6 Å². The smallest absolute Gasteiger partial charge is 0.411 e. The van der Waals surface area contributed by atoms with Gasteiger partial charge in [-0.25, -0.2) is 9.18 Å². The molecule has 0 amide bonds. The minimum Gasteiger partial charge on any atom is -0.477 e. The molecule has 0 unspecified atom stereocenters. The largest absolute Gasteiger partial charge is 0.477 e. The number of alkyl halides is 6. The molecule has 0 radical (unpaired) electrons. The molecular weight excluding hydrogens is 325 g/mol. The van der Waals surface area contributed by atoms with E-state index < -0.39 is 40.9 Å². The van der Waals surface area contributed by atoms with Crippen LogP contribution in [0.5, 0.6) is 0 Å². The zero-order chi connectivity index (χ0) is 17.5. The summed E-state index contributed by atoms with van der Waals surface area (Å²) in [6, 6.07) is 1.36. The summed E-state index contributed by atoms with van der Waals surface area (Å²) in [5.41, 5.74) is -1.53. The fourth-order valence-electron chi connectivity index (χ4n) is 1.44. The summed E-state index contributed by atoms with van der Waals surface area (Å²) in [6.45, 7) is 1.02. The van der Waals surface area contributed by atoms with Crippen LogP contribution in [0.4, 0.5) is 30.7 Å². The molecule has 0 aliphatic carbocycles. The SMILES string of the molecule is Cc1cc(C(=O)C(F)(F)C(F)(F)C(F)(F)C(=O)O)ccc1F. The topological polar surface area (TPSA) is 54.4 Å². The molecule has 0 heterocycles. The lowest BCUT2D eigenvalue weighted by atomic mass is 9.95. The Morgan fingerprint density at radius 1 is 1.00 bits per heavy atom. The van der Waals surface area contributed by atoms with E-state index in [9.17, 15) is 40.3 Å². The number of rotatable bonds is 5. The second-order valence-corrected chi connectivity index (χ2v) is 4.32. The minimum absolute atomic E-state index is 0.366. The molecule has 0 bridgehead atoms. The van der Waals surface area contributed by atoms with Crippen LogP contribution in [0.25, 0.3) is 0 Å². The minimum atomic E-state index is -6.48. The second kappa shape index (κ2) is 5.25. The standard InChI is InChI=1S/C12H7F7O3/c1-5-4-6(2-3-7(5)13)8(20)10(14,15)12(18,19)11(16,17)9(21)22/h2-4H,1H3,(H,21,22). The van der Waals surface area contributed by atoms with Gasteiger partial charge in [-0.3, -0.25) is 4.79 Å². The third-order valence-corrected chi connectivity index (χ3v) is 2.76. The van der Waals surface area contributed by atoms with Gasteiger partial charge in [0.05, 0.1) is 0 Å². The third kappa shape index (κ3) is 2.53. The number of carbonyl (C=O) groups excluding carboxylic acids is 1. The van der Waals surface area contributed by atoms with Crippen molar-refractivity contribution in [1.29, 1.82) is 0 Å². The molecule has 1 rings (SSSR count). The summed E-state index contributed by atoms with van der Waals surface area (Å²) in [7, 11) is 0. The molecule has 1 aromatic carbocycles. The van der Waals surface area contributed by atoms with Crippen LogP contribution in [0.15, 0.2) is 18.2 Å². The lowest BCUT2D eigenvalue weighted by Crippen LogP contribution is -2.60. The molecule has 0 atom stereocenters. The predicted molar refractivity (Wildman–Crippen MR) is 57.9 cm³/mol. The van der Waals surface area contributed by atoms with Crippen molar-refractivity contribution < 1.29 is 45.4 Å². The number of Topliss-reactive ketones (excluding diaryl/α,β-unsaturated/α-hetero) is 1. The highest BCUT2D eigenvalue weighted by Crippen LogP contribution is 2.47. The second-order valence-electron chi connectivity index (χ2n) is 4.32. The Kier molecular flexibility index (Phi) is 4.28. The zero-order valence-electron chi connectivity index (χ0n) is 10.6. The van der Waals surface area contributed by atoms with E-state index in [1.807, 2.05) is 0 Å². The van der Waals surface area contributed by atoms with Gasteiger partial charge >= 0.3 is 23.7 Å². The van der Waals surface area contributed by atoms with Gasteiger partial charge in [-0.1, -0.05) is 0 Å². The number of ketones is 1. The van der Waals surface area contributed by atoms with Gasteiger partial charge in [0.1, 0.15) is 5.82 Å². The number of hydrogen-bond donors (Lipinski definition) is 1. The highest BCUT2D eigenvalue weighted by Gasteiger charge is 2.78. The quantitative estimate of drug-likeness (QED) is 0.665. The number of aryl methyl sites for hydroxylation is 1. The van der Waals surface area contributed by atoms with E-state index >= 15 is 0 Å². The van der Waals surface area contributed by atoms with E-state index in [1.54, 1.807) is 0 Å². The molecule has 0 saturated carbocycles. The Balaban J connectivity index is 3.35. The van der Waals surface area contributed by atoms with Crippen LogP contribution in [0.2, 0.25) is 0 Å². The van der Waals surface area contributed by atoms with Crippen LogP contribution in [0.1, 0.15) is 15.9 Å². The number of carboxylic acid groups (broad SMARTS) is 1. The van der Waals surface area contributed by atoms with Crippen molar-refractivity contribution in [2.75, 3.05) is 0 Å². The van der Waals surface area contributed by atoms with Crippen LogP contribution in [-0.2, 0) is 4.79 Å². The van der Waals surface area contributed by atoms with Gasteiger partial charge in [0.15, 0.2) is 0 Å². The molecule has 3 nitrogen and oxygen atoms in total. The first-order valence-electron chi connectivity index (χ1n) is 5.44. The molecule has 0 aliphatic rings. The molecule has 122 valence electrons. The summed E-state index contributed by atoms with van der Waals surface area (Å²) >= 11 is 0. The Hall–Kier alpha value is -2.13. The Morgan fingerprint density at radius 3 is 1.91 bits per heavy atom. The van der Waals surface area contributed by atoms with Crippen molar-refractivity contribution in [1.82, 2.24) is 0 Å². The number of benzene rings is 1. The summed E-state index contributed by atoms with van der Waals surface area (Å²) in [4.78, 5) is 21.4. The average molecular weight is 332 g/mol. The molecular formula is C12H7F7O3. The number of aliphatic carboxylic acids is 1. The van der Waals surface area contributed by atoms with Crippen molar-refractivity contribution >= 4 is 11.8 Å². The molecule has 22 heavy (non-hydrogen) atoms. The summed E-state index contributed by atoms with van der Waals surface area (Å²) < 4.78 is 91.7. The Morgan fingerprint density at radius 2 is 1.50 bits per heavy atom. The Labute approximate surface area is 118 Å². The van der Waals surface area contributed by atoms with Gasteiger partial charge in [0.25, 0.3) is 0 Å². The van der Waals surface area contributed by atoms with Gasteiger partial charge < -0.3 is 5.11 Å². The van der Waals surface area contributed by atoms with Crippen molar-refractivity contribution in [2.45, 2.75) is 24.7 Å². The van der Waals surface area contributed by atoms with Crippen molar-refractivity contribution in [3.63, 3.8) is 0 Å². The van der Waals surface area contributed by atoms with Crippen molar-refractivity contribution in [3.8, 4) is 0 Å². The first-order chi connectivity index (χ1) is 9.76. The number of hydrogen-bond acceptors (Lipinski definition) is 2. The van der Waals surface area contributed by atoms with Gasteiger partial charge in [-0.15, -0.1) is 0 Å². The van der Waals surface area contributed by atoms with Gasteiger partial charge in [0, 0.05) is 5.56 Å². The molecule has 1 aromatic rings. The number of halogens is 7. The number of carboxylic acids is 1. The predicted octanol–water partition coefficient (Wildman–Crippen LogP) is 3.31. The number of carbonyl (C=O) groups is 2. The van der Waals surface area contributed by atoms with E-state index in [0.29, 0.717) is 18.2 Å². The molecule has 0 saturated heterocycles. The van der Waals surface area contributed by atoms with Gasteiger partial charge in [-0.05, 0) is 30.7 Å². The first-order valence-corrected chi connectivity index (χ1v) is 5.44. The monoisotopic (exact) mass is 332 g/mol. The maximum Gasteiger partial charge on any atom is 0.411 e. The van der Waals surface area contributed by atoms with E-state index in [-0.39, 0.29) is 5.56 Å². The molecule has 0 spiro atoms. The Bertz CT molecular complexity index is 625. The third-order valence-electron chi connectivity index (χ3n) is 2.76. The lowest BCUT2D eigenvalue weighted by molar-refractivity contribution is -0.285.